The zero-order valence-corrected chi connectivity index (χ0v) is 12.4. The molecule has 1 aromatic carbocycles. The molecule has 0 radical (unpaired) electrons. The van der Waals surface area contributed by atoms with E-state index < -0.39 is 15.9 Å². The smallest absolute Gasteiger partial charge is 0.248 e. The molecule has 112 valence electrons. The van der Waals surface area contributed by atoms with E-state index in [9.17, 15) is 13.2 Å². The van der Waals surface area contributed by atoms with E-state index in [4.69, 9.17) is 10.8 Å². The molecule has 0 saturated carbocycles. The van der Waals surface area contributed by atoms with Gasteiger partial charge in [-0.1, -0.05) is 13.8 Å². The third-order valence-electron chi connectivity index (χ3n) is 2.98. The molecule has 0 atom stereocenters. The van der Waals surface area contributed by atoms with Crippen LogP contribution < -0.4 is 10.5 Å². The summed E-state index contributed by atoms with van der Waals surface area (Å²) in [5, 5.41) is 8.91. The van der Waals surface area contributed by atoms with Crippen LogP contribution in [0.15, 0.2) is 29.2 Å². The number of hydrogen-bond acceptors (Lipinski definition) is 4. The molecule has 0 saturated heterocycles. The van der Waals surface area contributed by atoms with Crippen molar-refractivity contribution in [3.63, 3.8) is 0 Å². The number of aliphatic hydroxyl groups excluding tert-OH is 1. The van der Waals surface area contributed by atoms with Crippen molar-refractivity contribution >= 4 is 15.9 Å². The number of benzene rings is 1. The fourth-order valence-corrected chi connectivity index (χ4v) is 2.80. The van der Waals surface area contributed by atoms with Crippen LogP contribution in [0.25, 0.3) is 0 Å². The predicted octanol–water partition coefficient (Wildman–Crippen LogP) is 0.472. The van der Waals surface area contributed by atoms with E-state index >= 15 is 0 Å². The number of nitrogens with one attached hydrogen (secondary N) is 1. The van der Waals surface area contributed by atoms with Gasteiger partial charge in [-0.25, -0.2) is 13.1 Å². The topological polar surface area (TPSA) is 109 Å². The first-order valence-electron chi connectivity index (χ1n) is 6.18. The summed E-state index contributed by atoms with van der Waals surface area (Å²) in [6.45, 7) is 3.94. The van der Waals surface area contributed by atoms with Gasteiger partial charge in [0.15, 0.2) is 0 Å². The van der Waals surface area contributed by atoms with Gasteiger partial charge in [0.25, 0.3) is 0 Å². The number of rotatable bonds is 7. The zero-order chi connectivity index (χ0) is 15.4. The number of primary amides is 1. The van der Waals surface area contributed by atoms with Gasteiger partial charge in [0.05, 0.1) is 4.90 Å². The van der Waals surface area contributed by atoms with Gasteiger partial charge in [-0.2, -0.15) is 0 Å². The maximum Gasteiger partial charge on any atom is 0.248 e. The highest BCUT2D eigenvalue weighted by molar-refractivity contribution is 7.89. The SMILES string of the molecule is CC(C)(CCO)CNS(=O)(=O)c1ccc(C(N)=O)cc1. The zero-order valence-electron chi connectivity index (χ0n) is 11.6. The monoisotopic (exact) mass is 300 g/mol. The Morgan fingerprint density at radius 1 is 1.30 bits per heavy atom. The van der Waals surface area contributed by atoms with E-state index in [1.165, 1.54) is 24.3 Å². The van der Waals surface area contributed by atoms with Gasteiger partial charge >= 0.3 is 0 Å². The number of aliphatic hydroxyl groups is 1. The van der Waals surface area contributed by atoms with Crippen LogP contribution in [0.3, 0.4) is 0 Å². The van der Waals surface area contributed by atoms with Gasteiger partial charge in [0.2, 0.25) is 15.9 Å². The summed E-state index contributed by atoms with van der Waals surface area (Å²) in [5.74, 6) is -0.606. The van der Waals surface area contributed by atoms with Crippen LogP contribution in [0.5, 0.6) is 0 Å². The van der Waals surface area contributed by atoms with Crippen LogP contribution in [0.2, 0.25) is 0 Å². The van der Waals surface area contributed by atoms with E-state index in [1.807, 2.05) is 13.8 Å². The van der Waals surface area contributed by atoms with Crippen LogP contribution in [0.4, 0.5) is 0 Å². The fourth-order valence-electron chi connectivity index (χ4n) is 1.56. The quantitative estimate of drug-likeness (QED) is 0.680. The molecule has 0 spiro atoms. The summed E-state index contributed by atoms with van der Waals surface area (Å²) >= 11 is 0. The molecule has 0 fully saturated rings. The highest BCUT2D eigenvalue weighted by atomic mass is 32.2. The van der Waals surface area contributed by atoms with Crippen molar-refractivity contribution in [1.82, 2.24) is 4.72 Å². The van der Waals surface area contributed by atoms with Gasteiger partial charge in [-0.15, -0.1) is 0 Å². The lowest BCUT2D eigenvalue weighted by Gasteiger charge is -2.23. The van der Waals surface area contributed by atoms with E-state index in [0.717, 1.165) is 0 Å². The largest absolute Gasteiger partial charge is 0.396 e. The molecule has 0 aliphatic heterocycles. The highest BCUT2D eigenvalue weighted by Gasteiger charge is 2.22. The van der Waals surface area contributed by atoms with Crippen molar-refractivity contribution in [1.29, 1.82) is 0 Å². The normalized spacial score (nSPS) is 12.3. The van der Waals surface area contributed by atoms with Crippen LogP contribution in [-0.4, -0.2) is 32.6 Å². The molecule has 7 heteroatoms. The molecule has 0 aliphatic carbocycles. The Morgan fingerprint density at radius 2 is 1.85 bits per heavy atom. The number of hydrogen-bond donors (Lipinski definition) is 3. The minimum atomic E-state index is -3.64. The summed E-state index contributed by atoms with van der Waals surface area (Å²) in [7, 11) is -3.64. The lowest BCUT2D eigenvalue weighted by Crippen LogP contribution is -2.34. The molecule has 4 N–H and O–H groups in total. The molecule has 20 heavy (non-hydrogen) atoms. The molecule has 0 heterocycles. The number of carbonyl (C=O) groups is 1. The Balaban J connectivity index is 2.81. The first-order chi connectivity index (χ1) is 9.18. The van der Waals surface area contributed by atoms with Gasteiger partial charge in [-0.05, 0) is 36.1 Å². The van der Waals surface area contributed by atoms with Crippen molar-refractivity contribution < 1.29 is 18.3 Å². The highest BCUT2D eigenvalue weighted by Crippen LogP contribution is 2.19. The number of amides is 1. The Labute approximate surface area is 119 Å². The lowest BCUT2D eigenvalue weighted by molar-refractivity contribution is 0.1000. The van der Waals surface area contributed by atoms with Crippen LogP contribution in [0, 0.1) is 5.41 Å². The summed E-state index contributed by atoms with van der Waals surface area (Å²) in [6.07, 6.45) is 0.496. The van der Waals surface area contributed by atoms with Crippen LogP contribution in [-0.2, 0) is 10.0 Å². The Morgan fingerprint density at radius 3 is 2.30 bits per heavy atom. The minimum Gasteiger partial charge on any atom is -0.396 e. The fraction of sp³-hybridized carbons (Fsp3) is 0.462. The van der Waals surface area contributed by atoms with Gasteiger partial charge in [0.1, 0.15) is 0 Å². The van der Waals surface area contributed by atoms with E-state index in [0.29, 0.717) is 6.42 Å². The molecule has 0 bridgehead atoms. The molecule has 1 aromatic rings. The molecule has 1 rings (SSSR count). The predicted molar refractivity (Wildman–Crippen MR) is 75.6 cm³/mol. The average molecular weight is 300 g/mol. The van der Waals surface area contributed by atoms with Gasteiger partial charge < -0.3 is 10.8 Å². The minimum absolute atomic E-state index is 0.00202. The van der Waals surface area contributed by atoms with Crippen LogP contribution >= 0.6 is 0 Å². The maximum absolute atomic E-state index is 12.1. The molecule has 0 unspecified atom stereocenters. The Hall–Kier alpha value is -1.44. The molecule has 0 aromatic heterocycles. The van der Waals surface area contributed by atoms with E-state index in [-0.39, 0.29) is 29.0 Å². The molecular weight excluding hydrogens is 280 g/mol. The van der Waals surface area contributed by atoms with Crippen molar-refractivity contribution in [2.75, 3.05) is 13.2 Å². The van der Waals surface area contributed by atoms with Crippen molar-refractivity contribution in [3.05, 3.63) is 29.8 Å². The maximum atomic E-state index is 12.1. The van der Waals surface area contributed by atoms with Crippen molar-refractivity contribution in [2.24, 2.45) is 11.1 Å². The lowest BCUT2D eigenvalue weighted by atomic mass is 9.90. The van der Waals surface area contributed by atoms with Crippen molar-refractivity contribution in [2.45, 2.75) is 25.2 Å². The summed E-state index contributed by atoms with van der Waals surface area (Å²) in [5.41, 5.74) is 5.01. The second-order valence-corrected chi connectivity index (χ2v) is 7.12. The van der Waals surface area contributed by atoms with E-state index in [2.05, 4.69) is 4.72 Å². The first-order valence-corrected chi connectivity index (χ1v) is 7.67. The second-order valence-electron chi connectivity index (χ2n) is 5.35. The average Bonchev–Trinajstić information content (AvgIpc) is 2.37. The van der Waals surface area contributed by atoms with Crippen molar-refractivity contribution in [3.8, 4) is 0 Å². The molecule has 6 nitrogen and oxygen atoms in total. The summed E-state index contributed by atoms with van der Waals surface area (Å²) in [6, 6.07) is 5.41. The molecule has 1 amide bonds. The Kier molecular flexibility index (Phi) is 5.27. The van der Waals surface area contributed by atoms with Gasteiger partial charge in [0, 0.05) is 18.7 Å². The first kappa shape index (κ1) is 16.6. The number of sulfonamides is 1. The summed E-state index contributed by atoms with van der Waals surface area (Å²) in [4.78, 5) is 11.0. The third-order valence-corrected chi connectivity index (χ3v) is 4.40. The summed E-state index contributed by atoms with van der Waals surface area (Å²) < 4.78 is 26.6. The number of nitrogens with two attached hydrogens (primary N) is 1. The molecular formula is C13H20N2O4S. The van der Waals surface area contributed by atoms with E-state index in [1.54, 1.807) is 0 Å². The second kappa shape index (κ2) is 6.34. The van der Waals surface area contributed by atoms with Gasteiger partial charge in [-0.3, -0.25) is 4.79 Å². The molecule has 0 aliphatic rings. The van der Waals surface area contributed by atoms with Crippen LogP contribution in [0.1, 0.15) is 30.6 Å². The number of carbonyl (C=O) groups excluding carboxylic acids is 1. The standard InChI is InChI=1S/C13H20N2O4S/c1-13(2,7-8-16)9-15-20(18,19)11-5-3-10(4-6-11)12(14)17/h3-6,15-16H,7-9H2,1-2H3,(H2,14,17). The third kappa shape index (κ3) is 4.59. The Bertz CT molecular complexity index is 565.